The van der Waals surface area contributed by atoms with E-state index in [1.165, 1.54) is 13.2 Å². The number of rotatable bonds is 6. The number of barbiturate groups is 1. The zero-order chi connectivity index (χ0) is 26.0. The van der Waals surface area contributed by atoms with E-state index >= 15 is 0 Å². The van der Waals surface area contributed by atoms with Gasteiger partial charge >= 0.3 is 6.03 Å². The maximum atomic E-state index is 13.3. The fourth-order valence-corrected chi connectivity index (χ4v) is 5.13. The Morgan fingerprint density at radius 3 is 2.58 bits per heavy atom. The highest BCUT2D eigenvalue weighted by atomic mass is 127. The Labute approximate surface area is 234 Å². The van der Waals surface area contributed by atoms with Crippen LogP contribution in [0.4, 0.5) is 10.5 Å². The van der Waals surface area contributed by atoms with E-state index in [1.807, 2.05) is 18.2 Å². The third-order valence-electron chi connectivity index (χ3n) is 5.34. The van der Waals surface area contributed by atoms with E-state index < -0.39 is 17.8 Å². The molecule has 0 aromatic heterocycles. The van der Waals surface area contributed by atoms with Gasteiger partial charge in [0.05, 0.1) is 16.4 Å². The van der Waals surface area contributed by atoms with Crippen LogP contribution in [0.2, 0.25) is 5.02 Å². The Bertz CT molecular complexity index is 1430. The summed E-state index contributed by atoms with van der Waals surface area (Å²) < 4.78 is 13.0. The Hall–Kier alpha value is -2.89. The normalized spacial score (nSPS) is 14.8. The van der Waals surface area contributed by atoms with E-state index in [2.05, 4.69) is 43.8 Å². The van der Waals surface area contributed by atoms with Gasteiger partial charge in [-0.05, 0) is 94.7 Å². The largest absolute Gasteiger partial charge is 0.493 e. The maximum absolute atomic E-state index is 13.3. The van der Waals surface area contributed by atoms with Gasteiger partial charge in [-0.3, -0.25) is 14.9 Å². The molecule has 0 bridgehead atoms. The van der Waals surface area contributed by atoms with Crippen LogP contribution >= 0.6 is 50.1 Å². The van der Waals surface area contributed by atoms with Gasteiger partial charge in [0.15, 0.2) is 11.5 Å². The number of nitrogens with one attached hydrogen (secondary N) is 1. The van der Waals surface area contributed by atoms with E-state index in [-0.39, 0.29) is 12.2 Å². The quantitative estimate of drug-likeness (QED) is 0.189. The molecule has 0 aliphatic carbocycles. The van der Waals surface area contributed by atoms with Gasteiger partial charge in [0, 0.05) is 9.50 Å². The Kier molecular flexibility index (Phi) is 8.01. The highest BCUT2D eigenvalue weighted by molar-refractivity contribution is 14.1. The first-order chi connectivity index (χ1) is 17.2. The predicted octanol–water partition coefficient (Wildman–Crippen LogP) is 6.27. The van der Waals surface area contributed by atoms with E-state index in [4.69, 9.17) is 21.1 Å². The van der Waals surface area contributed by atoms with Gasteiger partial charge in [0.25, 0.3) is 11.8 Å². The standard InChI is InChI=1S/C26H19BrClIN2O5/c1-14-8-17(27)6-7-21(14)31-25(33)19(24(32)30-26(31)34)10-16-11-20(29)23(22(12-16)35-2)36-13-15-4-3-5-18(28)9-15/h3-12H,13H2,1-2H3,(H,30,32,34)/b19-10-. The summed E-state index contributed by atoms with van der Waals surface area (Å²) in [5, 5.41) is 2.86. The number of hydrogen-bond donors (Lipinski definition) is 1. The Morgan fingerprint density at radius 2 is 1.89 bits per heavy atom. The average molecular weight is 682 g/mol. The molecule has 36 heavy (non-hydrogen) atoms. The molecule has 7 nitrogen and oxygen atoms in total. The van der Waals surface area contributed by atoms with Gasteiger partial charge in [0.2, 0.25) is 0 Å². The summed E-state index contributed by atoms with van der Waals surface area (Å²) in [4.78, 5) is 39.4. The molecule has 3 aromatic carbocycles. The van der Waals surface area contributed by atoms with E-state index in [9.17, 15) is 14.4 Å². The molecule has 1 fully saturated rings. The van der Waals surface area contributed by atoms with Crippen LogP contribution in [0.1, 0.15) is 16.7 Å². The molecule has 10 heteroatoms. The number of hydrogen-bond acceptors (Lipinski definition) is 5. The lowest BCUT2D eigenvalue weighted by Crippen LogP contribution is -2.54. The summed E-state index contributed by atoms with van der Waals surface area (Å²) in [6.45, 7) is 2.05. The van der Waals surface area contributed by atoms with Crippen molar-refractivity contribution in [2.75, 3.05) is 12.0 Å². The monoisotopic (exact) mass is 680 g/mol. The molecule has 0 saturated carbocycles. The first-order valence-electron chi connectivity index (χ1n) is 10.6. The van der Waals surface area contributed by atoms with Gasteiger partial charge in [-0.1, -0.05) is 39.7 Å². The van der Waals surface area contributed by atoms with Crippen LogP contribution in [-0.4, -0.2) is 25.0 Å². The minimum Gasteiger partial charge on any atom is -0.493 e. The van der Waals surface area contributed by atoms with E-state index in [1.54, 1.807) is 43.3 Å². The molecule has 184 valence electrons. The minimum absolute atomic E-state index is 0.178. The van der Waals surface area contributed by atoms with Crippen LogP contribution in [0.25, 0.3) is 6.08 Å². The van der Waals surface area contributed by atoms with Crippen molar-refractivity contribution in [2.45, 2.75) is 13.5 Å². The maximum Gasteiger partial charge on any atom is 0.335 e. The van der Waals surface area contributed by atoms with Crippen LogP contribution in [-0.2, 0) is 16.2 Å². The molecular weight excluding hydrogens is 663 g/mol. The molecule has 0 atom stereocenters. The molecule has 1 saturated heterocycles. The topological polar surface area (TPSA) is 84.9 Å². The van der Waals surface area contributed by atoms with Crippen molar-refractivity contribution in [1.29, 1.82) is 0 Å². The second-order valence-electron chi connectivity index (χ2n) is 7.84. The van der Waals surface area contributed by atoms with Gasteiger partial charge in [-0.25, -0.2) is 9.69 Å². The Balaban J connectivity index is 1.66. The lowest BCUT2D eigenvalue weighted by Gasteiger charge is -2.27. The highest BCUT2D eigenvalue weighted by Gasteiger charge is 2.37. The molecule has 1 heterocycles. The van der Waals surface area contributed by atoms with Crippen LogP contribution in [0, 0.1) is 10.5 Å². The first kappa shape index (κ1) is 26.2. The number of halogens is 3. The smallest absolute Gasteiger partial charge is 0.335 e. The van der Waals surface area contributed by atoms with E-state index in [0.29, 0.717) is 36.9 Å². The van der Waals surface area contributed by atoms with Crippen LogP contribution in [0.15, 0.2) is 64.6 Å². The number of methoxy groups -OCH3 is 1. The van der Waals surface area contributed by atoms with Crippen molar-refractivity contribution in [3.8, 4) is 11.5 Å². The van der Waals surface area contributed by atoms with Crippen LogP contribution in [0.3, 0.4) is 0 Å². The second kappa shape index (κ2) is 11.0. The van der Waals surface area contributed by atoms with E-state index in [0.717, 1.165) is 14.9 Å². The van der Waals surface area contributed by atoms with Gasteiger partial charge < -0.3 is 9.47 Å². The zero-order valence-corrected chi connectivity index (χ0v) is 23.6. The second-order valence-corrected chi connectivity index (χ2v) is 10.4. The molecule has 0 radical (unpaired) electrons. The van der Waals surface area contributed by atoms with Crippen LogP contribution < -0.4 is 19.7 Å². The number of benzene rings is 3. The molecule has 1 aliphatic rings. The fraction of sp³-hybridized carbons (Fsp3) is 0.115. The number of urea groups is 1. The number of imide groups is 2. The number of ether oxygens (including phenoxy) is 2. The predicted molar refractivity (Wildman–Crippen MR) is 149 cm³/mol. The number of carbonyl (C=O) groups excluding carboxylic acids is 3. The molecule has 0 spiro atoms. The van der Waals surface area contributed by atoms with Crippen molar-refractivity contribution in [3.05, 3.63) is 89.9 Å². The average Bonchev–Trinajstić information content (AvgIpc) is 2.82. The number of nitrogens with zero attached hydrogens (tertiary/aromatic N) is 1. The molecule has 3 aromatic rings. The van der Waals surface area contributed by atoms with Gasteiger partial charge in [-0.15, -0.1) is 0 Å². The third-order valence-corrected chi connectivity index (χ3v) is 6.87. The first-order valence-corrected chi connectivity index (χ1v) is 12.9. The van der Waals surface area contributed by atoms with Crippen molar-refractivity contribution < 1.29 is 23.9 Å². The summed E-state index contributed by atoms with van der Waals surface area (Å²) in [5.41, 5.74) is 2.33. The summed E-state index contributed by atoms with van der Waals surface area (Å²) in [7, 11) is 1.50. The summed E-state index contributed by atoms with van der Waals surface area (Å²) in [6, 6.07) is 15.1. The van der Waals surface area contributed by atoms with Crippen molar-refractivity contribution in [1.82, 2.24) is 5.32 Å². The van der Waals surface area contributed by atoms with Crippen molar-refractivity contribution in [3.63, 3.8) is 0 Å². The molecule has 4 amide bonds. The Morgan fingerprint density at radius 1 is 1.11 bits per heavy atom. The molecule has 0 unspecified atom stereocenters. The summed E-state index contributed by atoms with van der Waals surface area (Å²) in [5.74, 6) is -0.547. The number of aryl methyl sites for hydroxylation is 1. The zero-order valence-electron chi connectivity index (χ0n) is 19.1. The number of carbonyl (C=O) groups is 3. The fourth-order valence-electron chi connectivity index (χ4n) is 3.66. The molecule has 1 N–H and O–H groups in total. The van der Waals surface area contributed by atoms with Crippen molar-refractivity contribution in [2.24, 2.45) is 0 Å². The number of anilines is 1. The van der Waals surface area contributed by atoms with Crippen molar-refractivity contribution >= 4 is 79.7 Å². The minimum atomic E-state index is -0.801. The molecular formula is C26H19BrClIN2O5. The summed E-state index contributed by atoms with van der Waals surface area (Å²) in [6.07, 6.45) is 1.43. The lowest BCUT2D eigenvalue weighted by atomic mass is 10.1. The molecule has 4 rings (SSSR count). The van der Waals surface area contributed by atoms with Gasteiger partial charge in [0.1, 0.15) is 12.2 Å². The van der Waals surface area contributed by atoms with Gasteiger partial charge in [-0.2, -0.15) is 0 Å². The van der Waals surface area contributed by atoms with Crippen LogP contribution in [0.5, 0.6) is 11.5 Å². The SMILES string of the molecule is COc1cc(/C=C2/C(=O)NC(=O)N(c3ccc(Br)cc3C)C2=O)cc(I)c1OCc1cccc(Cl)c1. The lowest BCUT2D eigenvalue weighted by molar-refractivity contribution is -0.122. The molecule has 1 aliphatic heterocycles. The third kappa shape index (κ3) is 5.58. The highest BCUT2D eigenvalue weighted by Crippen LogP contribution is 2.36. The summed E-state index contributed by atoms with van der Waals surface area (Å²) >= 11 is 11.5. The number of amides is 4.